The zero-order valence-electron chi connectivity index (χ0n) is 18.3. The van der Waals surface area contributed by atoms with Gasteiger partial charge in [0.1, 0.15) is 0 Å². The van der Waals surface area contributed by atoms with Gasteiger partial charge < -0.3 is 14.2 Å². The number of pyridine rings is 2. The third-order valence-corrected chi connectivity index (χ3v) is 7.20. The maximum absolute atomic E-state index is 12.7. The van der Waals surface area contributed by atoms with Gasteiger partial charge in [-0.25, -0.2) is 9.97 Å². The number of aliphatic hydroxyl groups is 1. The highest BCUT2D eigenvalue weighted by molar-refractivity contribution is 7.15. The number of aryl methyl sites for hydroxylation is 3. The van der Waals surface area contributed by atoms with Crippen LogP contribution in [0.25, 0.3) is 21.5 Å². The van der Waals surface area contributed by atoms with Crippen LogP contribution in [-0.2, 0) is 19.7 Å². The maximum Gasteiger partial charge on any atom is 0.251 e. The van der Waals surface area contributed by atoms with Gasteiger partial charge in [0.15, 0.2) is 5.60 Å². The van der Waals surface area contributed by atoms with E-state index in [1.165, 1.54) is 0 Å². The monoisotopic (exact) mass is 476 g/mol. The van der Waals surface area contributed by atoms with Crippen molar-refractivity contribution in [1.29, 1.82) is 0 Å². The number of hydrogen-bond donors (Lipinski definition) is 1. The molecule has 0 aliphatic heterocycles. The highest BCUT2D eigenvalue weighted by atomic mass is 35.5. The Bertz CT molecular complexity index is 1550. The normalized spacial score (nSPS) is 13.4. The van der Waals surface area contributed by atoms with E-state index in [-0.39, 0.29) is 5.56 Å². The van der Waals surface area contributed by atoms with Crippen LogP contribution in [0.15, 0.2) is 71.9 Å². The molecule has 0 saturated carbocycles. The van der Waals surface area contributed by atoms with Gasteiger partial charge in [-0.1, -0.05) is 23.7 Å². The number of benzene rings is 1. The molecule has 4 aromatic heterocycles. The Morgan fingerprint density at radius 2 is 1.82 bits per heavy atom. The van der Waals surface area contributed by atoms with E-state index in [9.17, 15) is 9.90 Å². The minimum atomic E-state index is -1.58. The quantitative estimate of drug-likeness (QED) is 0.410. The van der Waals surface area contributed by atoms with Crippen LogP contribution >= 0.6 is 22.9 Å². The van der Waals surface area contributed by atoms with Crippen LogP contribution in [0.2, 0.25) is 5.02 Å². The standard InChI is InChI=1S/C25H21ClN4O2S/c1-15-4-10-20(33-15)18-12-23(31)30(3)19-9-11-21(28-24(18)19)25(32,22-13-27-14-29(22)2)16-5-7-17(26)8-6-16/h4-14,32H,1-3H3. The van der Waals surface area contributed by atoms with E-state index in [2.05, 4.69) is 4.98 Å². The van der Waals surface area contributed by atoms with E-state index >= 15 is 0 Å². The number of halogens is 1. The molecule has 1 atom stereocenters. The summed E-state index contributed by atoms with van der Waals surface area (Å²) in [5, 5.41) is 12.8. The van der Waals surface area contributed by atoms with E-state index in [0.717, 1.165) is 15.3 Å². The first-order valence-electron chi connectivity index (χ1n) is 10.3. The Balaban J connectivity index is 1.83. The van der Waals surface area contributed by atoms with Gasteiger partial charge in [-0.2, -0.15) is 0 Å². The molecule has 0 aliphatic carbocycles. The van der Waals surface area contributed by atoms with Crippen molar-refractivity contribution in [2.75, 3.05) is 0 Å². The fourth-order valence-corrected chi connectivity index (χ4v) is 5.13. The third-order valence-electron chi connectivity index (χ3n) is 5.91. The van der Waals surface area contributed by atoms with E-state index < -0.39 is 5.60 Å². The summed E-state index contributed by atoms with van der Waals surface area (Å²) in [7, 11) is 3.55. The molecule has 1 unspecified atom stereocenters. The van der Waals surface area contributed by atoms with E-state index in [0.29, 0.717) is 33.0 Å². The van der Waals surface area contributed by atoms with Crippen molar-refractivity contribution in [3.05, 3.63) is 104 Å². The Morgan fingerprint density at radius 3 is 2.45 bits per heavy atom. The average molecular weight is 477 g/mol. The number of fused-ring (bicyclic) bond motifs is 1. The summed E-state index contributed by atoms with van der Waals surface area (Å²) < 4.78 is 3.34. The molecule has 33 heavy (non-hydrogen) atoms. The molecule has 0 spiro atoms. The summed E-state index contributed by atoms with van der Waals surface area (Å²) in [5.74, 6) is 0. The molecule has 6 nitrogen and oxygen atoms in total. The lowest BCUT2D eigenvalue weighted by Gasteiger charge is -2.29. The summed E-state index contributed by atoms with van der Waals surface area (Å²) >= 11 is 7.72. The number of aromatic nitrogens is 4. The van der Waals surface area contributed by atoms with Gasteiger partial charge >= 0.3 is 0 Å². The lowest BCUT2D eigenvalue weighted by atomic mass is 9.86. The number of thiophene rings is 1. The van der Waals surface area contributed by atoms with Crippen LogP contribution in [0, 0.1) is 6.92 Å². The van der Waals surface area contributed by atoms with Gasteiger partial charge in [0.2, 0.25) is 0 Å². The fraction of sp³-hybridized carbons (Fsp3) is 0.160. The van der Waals surface area contributed by atoms with Gasteiger partial charge in [-0.3, -0.25) is 4.79 Å². The molecule has 0 radical (unpaired) electrons. The smallest absolute Gasteiger partial charge is 0.251 e. The molecule has 0 bridgehead atoms. The predicted octanol–water partition coefficient (Wildman–Crippen LogP) is 4.64. The molecule has 1 aromatic carbocycles. The molecular weight excluding hydrogens is 456 g/mol. The number of imidazole rings is 1. The average Bonchev–Trinajstić information content (AvgIpc) is 3.44. The first-order chi connectivity index (χ1) is 15.8. The van der Waals surface area contributed by atoms with E-state index in [4.69, 9.17) is 16.6 Å². The van der Waals surface area contributed by atoms with Crippen molar-refractivity contribution in [2.24, 2.45) is 14.1 Å². The van der Waals surface area contributed by atoms with Crippen molar-refractivity contribution in [3.8, 4) is 10.4 Å². The summed E-state index contributed by atoms with van der Waals surface area (Å²) in [6.07, 6.45) is 3.27. The molecule has 0 aliphatic rings. The molecule has 0 amide bonds. The summed E-state index contributed by atoms with van der Waals surface area (Å²) in [5.41, 5.74) is 1.99. The second-order valence-corrected chi connectivity index (χ2v) is 9.76. The zero-order chi connectivity index (χ0) is 23.3. The van der Waals surface area contributed by atoms with Crippen LogP contribution in [0.4, 0.5) is 0 Å². The Hall–Kier alpha value is -3.26. The zero-order valence-corrected chi connectivity index (χ0v) is 19.9. The summed E-state index contributed by atoms with van der Waals surface area (Å²) in [6, 6.07) is 16.3. The van der Waals surface area contributed by atoms with Gasteiger partial charge in [-0.15, -0.1) is 11.3 Å². The minimum Gasteiger partial charge on any atom is -0.373 e. The van der Waals surface area contributed by atoms with Crippen molar-refractivity contribution < 1.29 is 5.11 Å². The van der Waals surface area contributed by atoms with Crippen molar-refractivity contribution in [3.63, 3.8) is 0 Å². The van der Waals surface area contributed by atoms with Crippen LogP contribution in [-0.4, -0.2) is 24.2 Å². The molecule has 166 valence electrons. The first kappa shape index (κ1) is 21.6. The molecular formula is C25H21ClN4O2S. The van der Waals surface area contributed by atoms with Gasteiger partial charge in [-0.05, 0) is 48.9 Å². The van der Waals surface area contributed by atoms with Crippen molar-refractivity contribution in [2.45, 2.75) is 12.5 Å². The second kappa shape index (κ2) is 7.95. The van der Waals surface area contributed by atoms with Crippen LogP contribution in [0.3, 0.4) is 0 Å². The largest absolute Gasteiger partial charge is 0.373 e. The fourth-order valence-electron chi connectivity index (χ4n) is 4.12. The van der Waals surface area contributed by atoms with Gasteiger partial charge in [0, 0.05) is 40.5 Å². The Labute approximate surface area is 199 Å². The number of hydrogen-bond acceptors (Lipinski definition) is 5. The van der Waals surface area contributed by atoms with E-state index in [1.807, 2.05) is 32.2 Å². The third kappa shape index (κ3) is 3.49. The van der Waals surface area contributed by atoms with Crippen molar-refractivity contribution >= 4 is 34.0 Å². The van der Waals surface area contributed by atoms with E-state index in [1.54, 1.807) is 76.4 Å². The molecule has 4 heterocycles. The lowest BCUT2D eigenvalue weighted by molar-refractivity contribution is 0.113. The highest BCUT2D eigenvalue weighted by Gasteiger charge is 2.38. The summed E-state index contributed by atoms with van der Waals surface area (Å²) in [6.45, 7) is 2.03. The molecule has 0 saturated heterocycles. The van der Waals surface area contributed by atoms with Crippen molar-refractivity contribution in [1.82, 2.24) is 19.1 Å². The summed E-state index contributed by atoms with van der Waals surface area (Å²) in [4.78, 5) is 23.9. The Morgan fingerprint density at radius 1 is 1.06 bits per heavy atom. The minimum absolute atomic E-state index is 0.113. The maximum atomic E-state index is 12.7. The topological polar surface area (TPSA) is 72.9 Å². The van der Waals surface area contributed by atoms with Gasteiger partial charge in [0.05, 0.1) is 34.9 Å². The first-order valence-corrected chi connectivity index (χ1v) is 11.5. The SMILES string of the molecule is Cc1ccc(-c2cc(=O)n(C)c3ccc(C(O)(c4ccc(Cl)cc4)c4cncn4C)nc23)s1. The molecule has 0 fully saturated rings. The molecule has 1 N–H and O–H groups in total. The number of rotatable bonds is 4. The second-order valence-electron chi connectivity index (χ2n) is 8.04. The lowest BCUT2D eigenvalue weighted by Crippen LogP contribution is -2.32. The number of nitrogens with zero attached hydrogens (tertiary/aromatic N) is 4. The van der Waals surface area contributed by atoms with Crippen LogP contribution < -0.4 is 5.56 Å². The molecule has 5 aromatic rings. The van der Waals surface area contributed by atoms with Gasteiger partial charge in [0.25, 0.3) is 5.56 Å². The van der Waals surface area contributed by atoms with Crippen LogP contribution in [0.5, 0.6) is 0 Å². The highest BCUT2D eigenvalue weighted by Crippen LogP contribution is 2.38. The molecule has 8 heteroatoms. The predicted molar refractivity (Wildman–Crippen MR) is 132 cm³/mol. The molecule has 5 rings (SSSR count). The Kier molecular flexibility index (Phi) is 5.20. The van der Waals surface area contributed by atoms with Crippen LogP contribution in [0.1, 0.15) is 21.8 Å².